The van der Waals surface area contributed by atoms with Crippen LogP contribution in [-0.4, -0.2) is 6.54 Å². The van der Waals surface area contributed by atoms with Crippen LogP contribution in [0.4, 0.5) is 5.69 Å². The lowest BCUT2D eigenvalue weighted by Gasteiger charge is -2.17. The zero-order chi connectivity index (χ0) is 19.6. The van der Waals surface area contributed by atoms with Gasteiger partial charge in [0.2, 0.25) is 0 Å². The Hall–Kier alpha value is -2.28. The van der Waals surface area contributed by atoms with Crippen LogP contribution in [0, 0.1) is 6.92 Å². The van der Waals surface area contributed by atoms with Gasteiger partial charge in [-0.25, -0.2) is 0 Å². The van der Waals surface area contributed by atoms with Crippen molar-refractivity contribution < 1.29 is 0 Å². The first-order chi connectivity index (χ1) is 13.1. The first-order valence-corrected chi connectivity index (χ1v) is 10.4. The second kappa shape index (κ2) is 10.8. The summed E-state index contributed by atoms with van der Waals surface area (Å²) in [7, 11) is 0. The third-order valence-corrected chi connectivity index (χ3v) is 5.15. The van der Waals surface area contributed by atoms with Crippen molar-refractivity contribution in [2.45, 2.75) is 59.3 Å². The number of anilines is 1. The molecule has 0 aliphatic carbocycles. The van der Waals surface area contributed by atoms with Gasteiger partial charge in [0.25, 0.3) is 0 Å². The number of hydrogen-bond donors (Lipinski definition) is 1. The van der Waals surface area contributed by atoms with E-state index in [2.05, 4.69) is 81.7 Å². The normalized spacial score (nSPS) is 10.6. The molecule has 2 aromatic carbocycles. The molecule has 0 aliphatic heterocycles. The standard InChI is InChI=1S/C26H35N/c1-6-8-9-10-11-14-20(3)25-15-12-13-16-26(25)22(5)24-18-17-23(27-7-2)19-21(24)4/h12-13,15-19,27H,3,5-11,14H2,1-2,4H3. The van der Waals surface area contributed by atoms with Crippen LogP contribution < -0.4 is 5.32 Å². The minimum absolute atomic E-state index is 0.931. The van der Waals surface area contributed by atoms with Gasteiger partial charge in [0.05, 0.1) is 0 Å². The van der Waals surface area contributed by atoms with Crippen molar-refractivity contribution in [3.63, 3.8) is 0 Å². The van der Waals surface area contributed by atoms with Crippen LogP contribution in [0.1, 0.15) is 74.6 Å². The van der Waals surface area contributed by atoms with E-state index in [9.17, 15) is 0 Å². The monoisotopic (exact) mass is 361 g/mol. The van der Waals surface area contributed by atoms with Crippen LogP contribution in [0.5, 0.6) is 0 Å². The molecule has 0 saturated carbocycles. The molecule has 2 aromatic rings. The summed E-state index contributed by atoms with van der Waals surface area (Å²) in [4.78, 5) is 0. The molecule has 0 saturated heterocycles. The predicted molar refractivity (Wildman–Crippen MR) is 122 cm³/mol. The topological polar surface area (TPSA) is 12.0 Å². The number of nitrogens with one attached hydrogen (secondary N) is 1. The molecule has 0 fully saturated rings. The molecular weight excluding hydrogens is 326 g/mol. The molecule has 0 spiro atoms. The Morgan fingerprint density at radius 3 is 2.22 bits per heavy atom. The molecule has 1 N–H and O–H groups in total. The summed E-state index contributed by atoms with van der Waals surface area (Å²) in [5.41, 5.74) is 8.38. The van der Waals surface area contributed by atoms with Crippen molar-refractivity contribution in [1.29, 1.82) is 0 Å². The molecule has 0 aliphatic rings. The lowest BCUT2D eigenvalue weighted by atomic mass is 9.88. The molecule has 1 heteroatoms. The van der Waals surface area contributed by atoms with Crippen LogP contribution >= 0.6 is 0 Å². The average Bonchev–Trinajstić information content (AvgIpc) is 2.67. The molecule has 2 rings (SSSR count). The first kappa shape index (κ1) is 21.0. The molecule has 0 aromatic heterocycles. The first-order valence-electron chi connectivity index (χ1n) is 10.4. The SMILES string of the molecule is C=C(CCCCCCC)c1ccccc1C(=C)c1ccc(NCC)cc1C. The fraction of sp³-hybridized carbons (Fsp3) is 0.385. The third-order valence-electron chi connectivity index (χ3n) is 5.15. The maximum absolute atomic E-state index is 4.43. The van der Waals surface area contributed by atoms with Crippen LogP contribution in [-0.2, 0) is 0 Å². The number of allylic oxidation sites excluding steroid dienone is 1. The summed E-state index contributed by atoms with van der Waals surface area (Å²) in [5.74, 6) is 0. The van der Waals surface area contributed by atoms with E-state index in [0.717, 1.165) is 24.2 Å². The highest BCUT2D eigenvalue weighted by Gasteiger charge is 2.12. The third kappa shape index (κ3) is 5.85. The summed E-state index contributed by atoms with van der Waals surface area (Å²) in [5, 5.41) is 3.38. The fourth-order valence-corrected chi connectivity index (χ4v) is 3.59. The Labute approximate surface area is 166 Å². The summed E-state index contributed by atoms with van der Waals surface area (Å²) < 4.78 is 0. The van der Waals surface area contributed by atoms with Crippen LogP contribution in [0.3, 0.4) is 0 Å². The van der Waals surface area contributed by atoms with E-state index < -0.39 is 0 Å². The van der Waals surface area contributed by atoms with Gasteiger partial charge in [-0.3, -0.25) is 0 Å². The number of aryl methyl sites for hydroxylation is 1. The van der Waals surface area contributed by atoms with Crippen molar-refractivity contribution in [3.8, 4) is 0 Å². The summed E-state index contributed by atoms with van der Waals surface area (Å²) in [6.07, 6.45) is 7.52. The van der Waals surface area contributed by atoms with Crippen molar-refractivity contribution in [1.82, 2.24) is 0 Å². The second-order valence-corrected chi connectivity index (χ2v) is 7.35. The van der Waals surface area contributed by atoms with Gasteiger partial charge in [-0.2, -0.15) is 0 Å². The highest BCUT2D eigenvalue weighted by Crippen LogP contribution is 2.32. The van der Waals surface area contributed by atoms with E-state index >= 15 is 0 Å². The molecular formula is C26H35N. The van der Waals surface area contributed by atoms with E-state index in [0.29, 0.717) is 0 Å². The van der Waals surface area contributed by atoms with E-state index in [-0.39, 0.29) is 0 Å². The van der Waals surface area contributed by atoms with Crippen LogP contribution in [0.15, 0.2) is 55.6 Å². The van der Waals surface area contributed by atoms with E-state index in [4.69, 9.17) is 0 Å². The van der Waals surface area contributed by atoms with Gasteiger partial charge in [-0.15, -0.1) is 0 Å². The number of rotatable bonds is 11. The molecule has 144 valence electrons. The van der Waals surface area contributed by atoms with Crippen LogP contribution in [0.25, 0.3) is 11.1 Å². The lowest BCUT2D eigenvalue weighted by Crippen LogP contribution is -1.99. The fourth-order valence-electron chi connectivity index (χ4n) is 3.59. The number of unbranched alkanes of at least 4 members (excludes halogenated alkanes) is 4. The quantitative estimate of drug-likeness (QED) is 0.402. The molecule has 0 radical (unpaired) electrons. The maximum atomic E-state index is 4.43. The summed E-state index contributed by atoms with van der Waals surface area (Å²) >= 11 is 0. The van der Waals surface area contributed by atoms with Gasteiger partial charge in [0.15, 0.2) is 0 Å². The van der Waals surface area contributed by atoms with Crippen LogP contribution in [0.2, 0.25) is 0 Å². The zero-order valence-electron chi connectivity index (χ0n) is 17.4. The Kier molecular flexibility index (Phi) is 8.39. The largest absolute Gasteiger partial charge is 0.385 e. The van der Waals surface area contributed by atoms with Crippen molar-refractivity contribution >= 4 is 16.8 Å². The second-order valence-electron chi connectivity index (χ2n) is 7.35. The highest BCUT2D eigenvalue weighted by atomic mass is 14.8. The summed E-state index contributed by atoms with van der Waals surface area (Å²) in [6.45, 7) is 16.3. The molecule has 27 heavy (non-hydrogen) atoms. The number of hydrogen-bond acceptors (Lipinski definition) is 1. The molecule has 0 atom stereocenters. The smallest absolute Gasteiger partial charge is 0.0343 e. The lowest BCUT2D eigenvalue weighted by molar-refractivity contribution is 0.640. The predicted octanol–water partition coefficient (Wildman–Crippen LogP) is 7.86. The Balaban J connectivity index is 2.17. The zero-order valence-corrected chi connectivity index (χ0v) is 17.4. The van der Waals surface area contributed by atoms with Gasteiger partial charge in [-0.05, 0) is 72.2 Å². The van der Waals surface area contributed by atoms with Crippen molar-refractivity contribution in [2.24, 2.45) is 0 Å². The number of benzene rings is 2. The van der Waals surface area contributed by atoms with Gasteiger partial charge in [0.1, 0.15) is 0 Å². The van der Waals surface area contributed by atoms with Gasteiger partial charge in [0, 0.05) is 12.2 Å². The molecule has 0 unspecified atom stereocenters. The molecule has 1 nitrogen and oxygen atoms in total. The van der Waals surface area contributed by atoms with E-state index in [1.165, 1.54) is 59.9 Å². The van der Waals surface area contributed by atoms with Crippen molar-refractivity contribution in [3.05, 3.63) is 77.9 Å². The molecule has 0 amide bonds. The maximum Gasteiger partial charge on any atom is 0.0343 e. The van der Waals surface area contributed by atoms with Gasteiger partial charge in [-0.1, -0.05) is 76.1 Å². The van der Waals surface area contributed by atoms with E-state index in [1.807, 2.05) is 0 Å². The minimum atomic E-state index is 0.931. The van der Waals surface area contributed by atoms with Gasteiger partial charge >= 0.3 is 0 Å². The Morgan fingerprint density at radius 2 is 1.56 bits per heavy atom. The highest BCUT2D eigenvalue weighted by molar-refractivity contribution is 5.87. The van der Waals surface area contributed by atoms with E-state index in [1.54, 1.807) is 0 Å². The molecule has 0 bridgehead atoms. The summed E-state index contributed by atoms with van der Waals surface area (Å²) in [6, 6.07) is 15.1. The molecule has 0 heterocycles. The Morgan fingerprint density at radius 1 is 0.852 bits per heavy atom. The van der Waals surface area contributed by atoms with Gasteiger partial charge < -0.3 is 5.32 Å². The minimum Gasteiger partial charge on any atom is -0.385 e. The average molecular weight is 362 g/mol. The Bertz CT molecular complexity index is 770. The van der Waals surface area contributed by atoms with Crippen molar-refractivity contribution in [2.75, 3.05) is 11.9 Å².